The zero-order valence-electron chi connectivity index (χ0n) is 49.6. The minimum absolute atomic E-state index is 0.586. The summed E-state index contributed by atoms with van der Waals surface area (Å²) in [6, 6.07) is 101. The summed E-state index contributed by atoms with van der Waals surface area (Å²) in [7, 11) is 0. The van der Waals surface area contributed by atoms with Gasteiger partial charge in [-0.15, -0.1) is 0 Å². The van der Waals surface area contributed by atoms with Gasteiger partial charge < -0.3 is 22.8 Å². The number of nitriles is 1. The average Bonchev–Trinajstić information content (AvgIpc) is 1.77. The van der Waals surface area contributed by atoms with Crippen molar-refractivity contribution in [3.8, 4) is 56.8 Å². The number of aromatic nitrogens is 5. The van der Waals surface area contributed by atoms with Crippen molar-refractivity contribution in [2.24, 2.45) is 0 Å². The molecule has 0 saturated heterocycles. The van der Waals surface area contributed by atoms with Gasteiger partial charge in [0.05, 0.1) is 77.8 Å². The third kappa shape index (κ3) is 7.31. The minimum Gasteiger partial charge on any atom is -0.309 e. The summed E-state index contributed by atoms with van der Waals surface area (Å²) < 4.78 is 12.4. The van der Waals surface area contributed by atoms with Gasteiger partial charge in [0.15, 0.2) is 0 Å². The Morgan fingerprint density at radius 1 is 0.236 bits per heavy atom. The molecule has 6 heteroatoms. The van der Waals surface area contributed by atoms with Crippen LogP contribution >= 0.6 is 0 Å². The molecule has 18 rings (SSSR count). The zero-order valence-corrected chi connectivity index (χ0v) is 49.6. The predicted octanol–water partition coefficient (Wildman–Crippen LogP) is 21.6. The van der Waals surface area contributed by atoms with Gasteiger partial charge >= 0.3 is 0 Å². The second-order valence-corrected chi connectivity index (χ2v) is 24.2. The van der Waals surface area contributed by atoms with E-state index in [1.165, 1.54) is 43.8 Å². The number of hydrogen-bond acceptors (Lipinski definition) is 1. The Morgan fingerprint density at radius 2 is 0.494 bits per heavy atom. The first-order valence-electron chi connectivity index (χ1n) is 30.6. The summed E-state index contributed by atoms with van der Waals surface area (Å²) in [5.41, 5.74) is 24.6. The van der Waals surface area contributed by atoms with Crippen LogP contribution in [0.4, 0.5) is 0 Å². The number of hydrogen-bond donors (Lipinski definition) is 0. The van der Waals surface area contributed by atoms with Crippen molar-refractivity contribution in [2.75, 3.05) is 0 Å². The Labute approximate surface area is 513 Å². The van der Waals surface area contributed by atoms with Crippen LogP contribution in [0.1, 0.15) is 27.8 Å². The SMILES string of the molecule is Cc1ccc2c(c1)c1cc(C)ccc1n2-c1c(-c2ccccc2)c(C#N)c(-c2ccccc2)c(-n2c3ccc(C)cc3c3cc(C)ccc32)c1-n1c2ccc(-n3c4ccccc4c4ccccc43)cc2c2cc(-n3c4ccccc4c4ccccc43)ccc21. The maximum Gasteiger partial charge on any atom is 0.101 e. The molecule has 0 N–H and O–H groups in total. The van der Waals surface area contributed by atoms with Crippen LogP contribution < -0.4 is 0 Å². The van der Waals surface area contributed by atoms with E-state index in [4.69, 9.17) is 0 Å². The summed E-state index contributed by atoms with van der Waals surface area (Å²) in [4.78, 5) is 0. The zero-order chi connectivity index (χ0) is 59.3. The molecule has 0 aliphatic carbocycles. The van der Waals surface area contributed by atoms with Crippen LogP contribution in [-0.4, -0.2) is 22.8 Å². The van der Waals surface area contributed by atoms with Crippen LogP contribution in [0, 0.1) is 39.0 Å². The average molecular weight is 1140 g/mol. The Balaban J connectivity index is 1.12. The highest BCUT2D eigenvalue weighted by molar-refractivity contribution is 6.18. The summed E-state index contributed by atoms with van der Waals surface area (Å²) >= 11 is 0. The molecule has 0 aliphatic rings. The summed E-state index contributed by atoms with van der Waals surface area (Å²) in [6.45, 7) is 8.74. The van der Waals surface area contributed by atoms with Gasteiger partial charge in [-0.25, -0.2) is 0 Å². The van der Waals surface area contributed by atoms with Gasteiger partial charge in [-0.3, -0.25) is 0 Å². The van der Waals surface area contributed by atoms with Gasteiger partial charge in [-0.05, 0) is 148 Å². The molecule has 0 atom stereocenters. The van der Waals surface area contributed by atoms with Crippen molar-refractivity contribution in [3.63, 3.8) is 0 Å². The molecular weight excluding hydrogens is 1080 g/mol. The van der Waals surface area contributed by atoms with E-state index in [9.17, 15) is 5.26 Å². The fraction of sp³-hybridized carbons (Fsp3) is 0.0482. The molecule has 0 fully saturated rings. The fourth-order valence-electron chi connectivity index (χ4n) is 15.1. The molecule has 13 aromatic carbocycles. The molecule has 0 amide bonds. The molecule has 418 valence electrons. The maximum absolute atomic E-state index is 12.6. The van der Waals surface area contributed by atoms with Gasteiger partial charge in [0.1, 0.15) is 6.07 Å². The van der Waals surface area contributed by atoms with Gasteiger partial charge in [0.25, 0.3) is 0 Å². The molecule has 0 bridgehead atoms. The molecule has 0 unspecified atom stereocenters. The Hall–Kier alpha value is -11.7. The lowest BCUT2D eigenvalue weighted by molar-refractivity contribution is 1.05. The normalized spacial score (nSPS) is 12.0. The van der Waals surface area contributed by atoms with E-state index >= 15 is 0 Å². The van der Waals surface area contributed by atoms with E-state index in [0.29, 0.717) is 5.56 Å². The van der Waals surface area contributed by atoms with Crippen molar-refractivity contribution in [3.05, 3.63) is 295 Å². The lowest BCUT2D eigenvalue weighted by Gasteiger charge is -2.29. The molecule has 5 aromatic heterocycles. The van der Waals surface area contributed by atoms with Crippen LogP contribution in [0.25, 0.3) is 160 Å². The molecule has 18 aromatic rings. The molecule has 0 saturated carbocycles. The van der Waals surface area contributed by atoms with Crippen molar-refractivity contribution in [1.82, 2.24) is 22.8 Å². The minimum atomic E-state index is 0.586. The fourth-order valence-corrected chi connectivity index (χ4v) is 15.1. The Bertz CT molecular complexity index is 5500. The van der Waals surface area contributed by atoms with Crippen molar-refractivity contribution < 1.29 is 0 Å². The molecule has 0 spiro atoms. The summed E-state index contributed by atoms with van der Waals surface area (Å²) in [6.07, 6.45) is 0. The van der Waals surface area contributed by atoms with E-state index in [2.05, 4.69) is 324 Å². The van der Waals surface area contributed by atoms with E-state index in [1.807, 2.05) is 0 Å². The summed E-state index contributed by atoms with van der Waals surface area (Å²) in [5.74, 6) is 0. The van der Waals surface area contributed by atoms with E-state index in [0.717, 1.165) is 138 Å². The van der Waals surface area contributed by atoms with Gasteiger partial charge in [-0.1, -0.05) is 180 Å². The van der Waals surface area contributed by atoms with Crippen LogP contribution in [0.5, 0.6) is 0 Å². The standard InChI is InChI=1S/C83H56N6/c1-50-31-37-73-62(43-50)63-44-51(2)32-38-74(63)87(73)81-79(54-19-7-5-8-20-54)68(49-84)80(55-21-9-6-10-22-55)82(88-75-39-33-52(3)45-64(75)65-46-53(4)34-40-76(65)88)83(81)89-77-41-35-56(85-69-27-15-11-23-58(69)59-24-12-16-28-70(59)85)47-66(77)67-48-57(36-42-78(67)89)86-71-29-17-13-25-60(71)61-26-14-18-30-72(61)86/h5-48H,1-4H3. The predicted molar refractivity (Wildman–Crippen MR) is 373 cm³/mol. The van der Waals surface area contributed by atoms with Crippen LogP contribution in [0.3, 0.4) is 0 Å². The Kier molecular flexibility index (Phi) is 10.9. The van der Waals surface area contributed by atoms with Gasteiger partial charge in [0, 0.05) is 76.4 Å². The van der Waals surface area contributed by atoms with E-state index in [1.54, 1.807) is 0 Å². The van der Waals surface area contributed by atoms with Crippen molar-refractivity contribution in [1.29, 1.82) is 5.26 Å². The summed E-state index contributed by atoms with van der Waals surface area (Å²) in [5, 5.41) is 24.2. The van der Waals surface area contributed by atoms with Crippen LogP contribution in [0.2, 0.25) is 0 Å². The molecule has 0 aliphatic heterocycles. The molecule has 5 heterocycles. The number of aryl methyl sites for hydroxylation is 4. The van der Waals surface area contributed by atoms with Crippen LogP contribution in [0.15, 0.2) is 267 Å². The Morgan fingerprint density at radius 3 is 0.809 bits per heavy atom. The third-order valence-electron chi connectivity index (χ3n) is 18.9. The van der Waals surface area contributed by atoms with Crippen molar-refractivity contribution in [2.45, 2.75) is 27.7 Å². The number of benzene rings is 13. The van der Waals surface area contributed by atoms with E-state index in [-0.39, 0.29) is 0 Å². The van der Waals surface area contributed by atoms with Crippen LogP contribution in [-0.2, 0) is 0 Å². The molecule has 0 radical (unpaired) electrons. The van der Waals surface area contributed by atoms with Gasteiger partial charge in [-0.2, -0.15) is 5.26 Å². The monoisotopic (exact) mass is 1140 g/mol. The quantitative estimate of drug-likeness (QED) is 0.157. The molecule has 6 nitrogen and oxygen atoms in total. The first kappa shape index (κ1) is 50.7. The van der Waals surface area contributed by atoms with Gasteiger partial charge in [0.2, 0.25) is 0 Å². The highest BCUT2D eigenvalue weighted by Gasteiger charge is 2.34. The second kappa shape index (κ2) is 19.2. The first-order valence-corrected chi connectivity index (χ1v) is 30.6. The molecule has 89 heavy (non-hydrogen) atoms. The maximum atomic E-state index is 12.6. The topological polar surface area (TPSA) is 48.4 Å². The highest BCUT2D eigenvalue weighted by Crippen LogP contribution is 2.53. The number of nitrogens with zero attached hydrogens (tertiary/aromatic N) is 6. The lowest BCUT2D eigenvalue weighted by atomic mass is 9.87. The largest absolute Gasteiger partial charge is 0.309 e. The van der Waals surface area contributed by atoms with E-state index < -0.39 is 0 Å². The molecular formula is C83H56N6. The van der Waals surface area contributed by atoms with Crippen molar-refractivity contribution >= 4 is 109 Å². The third-order valence-corrected chi connectivity index (χ3v) is 18.9. The number of rotatable bonds is 7. The highest BCUT2D eigenvalue weighted by atomic mass is 15.1. The number of para-hydroxylation sites is 4. The number of fused-ring (bicyclic) bond motifs is 15. The lowest BCUT2D eigenvalue weighted by Crippen LogP contribution is -2.14. The smallest absolute Gasteiger partial charge is 0.101 e. The first-order chi connectivity index (χ1) is 43.8. The second-order valence-electron chi connectivity index (χ2n) is 24.2.